The number of carbonyl (C=O) groups excluding carboxylic acids is 1. The first-order valence-corrected chi connectivity index (χ1v) is 9.69. The van der Waals surface area contributed by atoms with Gasteiger partial charge in [-0.15, -0.1) is 0 Å². The molecule has 14 heteroatoms. The van der Waals surface area contributed by atoms with Gasteiger partial charge >= 0.3 is 11.9 Å². The highest BCUT2D eigenvalue weighted by molar-refractivity contribution is 9.10. The summed E-state index contributed by atoms with van der Waals surface area (Å²) in [5, 5.41) is 13.9. The maximum Gasteiger partial charge on any atom is 0.416 e. The summed E-state index contributed by atoms with van der Waals surface area (Å²) in [6.45, 7) is 0. The molecule has 0 aliphatic rings. The number of hydrogen-bond acceptors (Lipinski definition) is 7. The van der Waals surface area contributed by atoms with E-state index in [0.717, 1.165) is 18.5 Å². The Balaban J connectivity index is 1.90. The van der Waals surface area contributed by atoms with Crippen molar-refractivity contribution in [2.24, 2.45) is 0 Å². The van der Waals surface area contributed by atoms with Crippen LogP contribution in [0.25, 0.3) is 0 Å². The first-order chi connectivity index (χ1) is 15.1. The fourth-order valence-electron chi connectivity index (χ4n) is 2.49. The quantitative estimate of drug-likeness (QED) is 0.291. The number of nitrogens with one attached hydrogen (secondary N) is 3. The number of benzene rings is 2. The summed E-state index contributed by atoms with van der Waals surface area (Å²) in [6.07, 6.45) is -3.73. The third-order valence-electron chi connectivity index (χ3n) is 3.96. The van der Waals surface area contributed by atoms with Gasteiger partial charge in [-0.2, -0.15) is 13.2 Å². The molecule has 32 heavy (non-hydrogen) atoms. The molecule has 0 bridgehead atoms. The Kier molecular flexibility index (Phi) is 6.79. The van der Waals surface area contributed by atoms with E-state index in [0.29, 0.717) is 10.5 Å². The van der Waals surface area contributed by atoms with Crippen LogP contribution in [-0.2, 0) is 6.18 Å². The van der Waals surface area contributed by atoms with E-state index in [2.05, 4.69) is 42.1 Å². The Hall–Kier alpha value is -3.45. The summed E-state index contributed by atoms with van der Waals surface area (Å²) in [5.41, 5.74) is 2.84. The van der Waals surface area contributed by atoms with Gasteiger partial charge in [-0.25, -0.2) is 9.97 Å². The zero-order valence-corrected chi connectivity index (χ0v) is 17.9. The van der Waals surface area contributed by atoms with E-state index in [9.17, 15) is 28.1 Å². The van der Waals surface area contributed by atoms with Crippen molar-refractivity contribution < 1.29 is 22.9 Å². The number of anilines is 3. The number of nitrogens with zero attached hydrogens (tertiary/aromatic N) is 3. The van der Waals surface area contributed by atoms with Gasteiger partial charge in [0.2, 0.25) is 11.6 Å². The molecule has 1 amide bonds. The van der Waals surface area contributed by atoms with Crippen molar-refractivity contribution in [1.82, 2.24) is 15.4 Å². The lowest BCUT2D eigenvalue weighted by atomic mass is 10.2. The second-order valence-electron chi connectivity index (χ2n) is 6.05. The molecule has 3 rings (SSSR count). The molecule has 166 valence electrons. The second-order valence-corrected chi connectivity index (χ2v) is 7.31. The minimum absolute atomic E-state index is 0.123. The normalized spacial score (nSPS) is 11.0. The van der Waals surface area contributed by atoms with Crippen molar-refractivity contribution in [1.29, 1.82) is 0 Å². The first-order valence-electron chi connectivity index (χ1n) is 8.52. The number of hydrogen-bond donors (Lipinski definition) is 3. The van der Waals surface area contributed by atoms with Gasteiger partial charge < -0.3 is 5.32 Å². The van der Waals surface area contributed by atoms with E-state index in [1.807, 2.05) is 0 Å². The lowest BCUT2D eigenvalue weighted by Gasteiger charge is -2.13. The fraction of sp³-hybridized carbons (Fsp3) is 0.0556. The molecule has 0 saturated carbocycles. The van der Waals surface area contributed by atoms with Crippen molar-refractivity contribution in [3.8, 4) is 0 Å². The fourth-order valence-corrected chi connectivity index (χ4v) is 3.12. The minimum atomic E-state index is -4.65. The van der Waals surface area contributed by atoms with Crippen LogP contribution in [-0.4, -0.2) is 20.8 Å². The highest BCUT2D eigenvalue weighted by Gasteiger charge is 2.31. The van der Waals surface area contributed by atoms with Gasteiger partial charge in [0.25, 0.3) is 5.91 Å². The third kappa shape index (κ3) is 5.23. The molecule has 0 spiro atoms. The van der Waals surface area contributed by atoms with E-state index in [4.69, 9.17) is 11.6 Å². The SMILES string of the molecule is O=C(NNc1ncnc(Nc2cc(C(F)(F)F)ccc2Cl)c1[N+](=O)[O-])c1ccccc1Br. The number of aromatic nitrogens is 2. The van der Waals surface area contributed by atoms with Crippen LogP contribution in [0.3, 0.4) is 0 Å². The Bertz CT molecular complexity index is 1190. The molecule has 3 aromatic rings. The molecule has 0 saturated heterocycles. The largest absolute Gasteiger partial charge is 0.416 e. The van der Waals surface area contributed by atoms with Crippen LogP contribution >= 0.6 is 27.5 Å². The summed E-state index contributed by atoms with van der Waals surface area (Å²) in [5.74, 6) is -1.47. The van der Waals surface area contributed by atoms with Crippen LogP contribution in [0.1, 0.15) is 15.9 Å². The molecular weight excluding hydrogens is 521 g/mol. The molecule has 0 aliphatic heterocycles. The maximum atomic E-state index is 13.0. The van der Waals surface area contributed by atoms with Crippen molar-refractivity contribution in [2.75, 3.05) is 10.7 Å². The molecule has 0 aliphatic carbocycles. The van der Waals surface area contributed by atoms with Crippen LogP contribution in [0.15, 0.2) is 53.3 Å². The smallest absolute Gasteiger partial charge is 0.333 e. The van der Waals surface area contributed by atoms with E-state index in [1.165, 1.54) is 6.07 Å². The number of nitro groups is 1. The van der Waals surface area contributed by atoms with Gasteiger partial charge in [-0.3, -0.25) is 25.8 Å². The van der Waals surface area contributed by atoms with E-state index in [1.54, 1.807) is 18.2 Å². The summed E-state index contributed by atoms with van der Waals surface area (Å²) in [4.78, 5) is 30.5. The highest BCUT2D eigenvalue weighted by atomic mass is 79.9. The topological polar surface area (TPSA) is 122 Å². The lowest BCUT2D eigenvalue weighted by Crippen LogP contribution is -2.30. The van der Waals surface area contributed by atoms with Crippen LogP contribution in [0, 0.1) is 10.1 Å². The predicted octanol–water partition coefficient (Wildman–Crippen LogP) is 5.32. The van der Waals surface area contributed by atoms with Gasteiger partial charge in [-0.05, 0) is 46.3 Å². The number of alkyl halides is 3. The molecule has 3 N–H and O–H groups in total. The Morgan fingerprint density at radius 3 is 2.47 bits per heavy atom. The minimum Gasteiger partial charge on any atom is -0.333 e. The van der Waals surface area contributed by atoms with E-state index < -0.39 is 39.9 Å². The molecule has 0 atom stereocenters. The number of hydrazine groups is 1. The number of carbonyl (C=O) groups is 1. The van der Waals surface area contributed by atoms with Crippen LogP contribution in [0.4, 0.5) is 36.2 Å². The maximum absolute atomic E-state index is 13.0. The Labute approximate surface area is 191 Å². The van der Waals surface area contributed by atoms with Gasteiger partial charge in [0.05, 0.1) is 26.8 Å². The van der Waals surface area contributed by atoms with Crippen LogP contribution in [0.5, 0.6) is 0 Å². The summed E-state index contributed by atoms with van der Waals surface area (Å²) in [7, 11) is 0. The molecule has 0 fully saturated rings. The van der Waals surface area contributed by atoms with Crippen molar-refractivity contribution in [3.63, 3.8) is 0 Å². The molecule has 0 radical (unpaired) electrons. The average Bonchev–Trinajstić information content (AvgIpc) is 2.73. The van der Waals surface area contributed by atoms with Crippen molar-refractivity contribution in [2.45, 2.75) is 6.18 Å². The zero-order valence-electron chi connectivity index (χ0n) is 15.6. The van der Waals surface area contributed by atoms with Gasteiger partial charge in [0.15, 0.2) is 0 Å². The van der Waals surface area contributed by atoms with Crippen molar-refractivity contribution >= 4 is 56.4 Å². The molecule has 1 aromatic heterocycles. The Morgan fingerprint density at radius 1 is 1.12 bits per heavy atom. The van der Waals surface area contributed by atoms with Gasteiger partial charge in [0, 0.05) is 4.47 Å². The first kappa shape index (κ1) is 23.2. The van der Waals surface area contributed by atoms with E-state index >= 15 is 0 Å². The molecule has 9 nitrogen and oxygen atoms in total. The Morgan fingerprint density at radius 2 is 1.81 bits per heavy atom. The summed E-state index contributed by atoms with van der Waals surface area (Å²) < 4.78 is 39.5. The van der Waals surface area contributed by atoms with E-state index in [-0.39, 0.29) is 16.3 Å². The average molecular weight is 532 g/mol. The lowest BCUT2D eigenvalue weighted by molar-refractivity contribution is -0.383. The molecule has 2 aromatic carbocycles. The molecular formula is C18H11BrClF3N6O3. The third-order valence-corrected chi connectivity index (χ3v) is 4.99. The standard InChI is InChI=1S/C18H11BrClF3N6O3/c19-11-4-2-1-3-10(11)17(30)28-27-16-14(29(31)32)15(24-8-25-16)26-13-7-9(18(21,22)23)5-6-12(13)20/h1-8H,(H,28,30)(H2,24,25,26,27). The molecule has 1 heterocycles. The van der Waals surface area contributed by atoms with Gasteiger partial charge in [0.1, 0.15) is 6.33 Å². The number of rotatable bonds is 6. The summed E-state index contributed by atoms with van der Waals surface area (Å²) >= 11 is 9.14. The van der Waals surface area contributed by atoms with Crippen LogP contribution in [0.2, 0.25) is 5.02 Å². The second kappa shape index (κ2) is 9.36. The summed E-state index contributed by atoms with van der Waals surface area (Å²) in [6, 6.07) is 8.91. The highest BCUT2D eigenvalue weighted by Crippen LogP contribution is 2.37. The monoisotopic (exact) mass is 530 g/mol. The number of halogens is 5. The predicted molar refractivity (Wildman–Crippen MR) is 114 cm³/mol. The van der Waals surface area contributed by atoms with Gasteiger partial charge in [-0.1, -0.05) is 23.7 Å². The zero-order chi connectivity index (χ0) is 23.5. The molecule has 0 unspecified atom stereocenters. The van der Waals surface area contributed by atoms with Crippen LogP contribution < -0.4 is 16.2 Å². The number of amides is 1. The van der Waals surface area contributed by atoms with Crippen molar-refractivity contribution in [3.05, 3.63) is 79.5 Å².